The van der Waals surface area contributed by atoms with Gasteiger partial charge in [0.25, 0.3) is 0 Å². The molecule has 1 aliphatic carbocycles. The molecule has 4 heteroatoms. The minimum atomic E-state index is -2.78. The van der Waals surface area contributed by atoms with Crippen LogP contribution < -0.4 is 5.32 Å². The van der Waals surface area contributed by atoms with Crippen molar-refractivity contribution in [2.75, 3.05) is 18.6 Å². The molecule has 3 nitrogen and oxygen atoms in total. The topological polar surface area (TPSA) is 46.2 Å². The minimum Gasteiger partial charge on any atom is -0.316 e. The van der Waals surface area contributed by atoms with E-state index in [-0.39, 0.29) is 5.75 Å². The fourth-order valence-corrected chi connectivity index (χ4v) is 2.93. The normalized spacial score (nSPS) is 21.3. The Labute approximate surface area is 93.6 Å². The van der Waals surface area contributed by atoms with Gasteiger partial charge in [-0.25, -0.2) is 8.42 Å². The van der Waals surface area contributed by atoms with Gasteiger partial charge in [-0.1, -0.05) is 13.8 Å². The summed E-state index contributed by atoms with van der Waals surface area (Å²) in [5.74, 6) is 0.617. The molecule has 0 aliphatic heterocycles. The molecule has 0 radical (unpaired) electrons. The van der Waals surface area contributed by atoms with Crippen molar-refractivity contribution in [2.45, 2.75) is 45.6 Å². The summed E-state index contributed by atoms with van der Waals surface area (Å²) >= 11 is 0. The average Bonchev–Trinajstić information content (AvgIpc) is 2.92. The Balaban J connectivity index is 2.30. The molecule has 1 saturated carbocycles. The summed E-state index contributed by atoms with van der Waals surface area (Å²) in [6.07, 6.45) is 4.32. The molecule has 15 heavy (non-hydrogen) atoms. The van der Waals surface area contributed by atoms with E-state index in [2.05, 4.69) is 12.2 Å². The van der Waals surface area contributed by atoms with Gasteiger partial charge in [0, 0.05) is 11.8 Å². The van der Waals surface area contributed by atoms with Gasteiger partial charge in [0.1, 0.15) is 9.84 Å². The molecule has 1 aliphatic rings. The SMILES string of the molecule is CCS(=O)(=O)CCCC(NC)C1(C)CC1. The molecule has 0 aromatic rings. The Morgan fingerprint density at radius 1 is 1.40 bits per heavy atom. The van der Waals surface area contributed by atoms with Crippen LogP contribution in [0.25, 0.3) is 0 Å². The molecule has 1 unspecified atom stereocenters. The van der Waals surface area contributed by atoms with Crippen LogP contribution in [0.4, 0.5) is 0 Å². The van der Waals surface area contributed by atoms with Gasteiger partial charge in [0.2, 0.25) is 0 Å². The monoisotopic (exact) mass is 233 g/mol. The third kappa shape index (κ3) is 3.76. The molecule has 0 aromatic carbocycles. The first kappa shape index (κ1) is 13.0. The van der Waals surface area contributed by atoms with E-state index >= 15 is 0 Å². The first-order chi connectivity index (χ1) is 6.93. The van der Waals surface area contributed by atoms with Gasteiger partial charge in [0.15, 0.2) is 0 Å². The number of nitrogens with one attached hydrogen (secondary N) is 1. The fraction of sp³-hybridized carbons (Fsp3) is 1.00. The maximum Gasteiger partial charge on any atom is 0.150 e. The lowest BCUT2D eigenvalue weighted by molar-refractivity contribution is 0.355. The molecule has 0 amide bonds. The van der Waals surface area contributed by atoms with Crippen LogP contribution in [-0.2, 0) is 9.84 Å². The van der Waals surface area contributed by atoms with E-state index in [1.165, 1.54) is 12.8 Å². The highest BCUT2D eigenvalue weighted by molar-refractivity contribution is 7.91. The number of sulfone groups is 1. The van der Waals surface area contributed by atoms with Gasteiger partial charge in [-0.3, -0.25) is 0 Å². The summed E-state index contributed by atoms with van der Waals surface area (Å²) in [7, 11) is -0.801. The first-order valence-corrected chi connectivity index (χ1v) is 7.63. The van der Waals surface area contributed by atoms with E-state index in [0.29, 0.717) is 17.2 Å². The van der Waals surface area contributed by atoms with Crippen molar-refractivity contribution < 1.29 is 8.42 Å². The summed E-state index contributed by atoms with van der Waals surface area (Å²) in [6.45, 7) is 4.00. The van der Waals surface area contributed by atoms with Gasteiger partial charge in [0.05, 0.1) is 5.75 Å². The van der Waals surface area contributed by atoms with Crippen molar-refractivity contribution in [3.05, 3.63) is 0 Å². The van der Waals surface area contributed by atoms with E-state index in [1.807, 2.05) is 7.05 Å². The largest absolute Gasteiger partial charge is 0.316 e. The predicted molar refractivity (Wildman–Crippen MR) is 63.8 cm³/mol. The summed E-state index contributed by atoms with van der Waals surface area (Å²) in [5, 5.41) is 3.31. The third-order valence-corrected chi connectivity index (χ3v) is 5.41. The Hall–Kier alpha value is -0.0900. The number of hydrogen-bond acceptors (Lipinski definition) is 3. The lowest BCUT2D eigenvalue weighted by Crippen LogP contribution is -2.33. The predicted octanol–water partition coefficient (Wildman–Crippen LogP) is 1.59. The van der Waals surface area contributed by atoms with Crippen LogP contribution in [-0.4, -0.2) is 33.0 Å². The van der Waals surface area contributed by atoms with Crippen LogP contribution in [0.2, 0.25) is 0 Å². The molecule has 1 rings (SSSR count). The maximum absolute atomic E-state index is 11.3. The molecule has 0 bridgehead atoms. The lowest BCUT2D eigenvalue weighted by atomic mass is 9.95. The standard InChI is InChI=1S/C11H23NO2S/c1-4-15(13,14)9-5-6-10(12-3)11(2)7-8-11/h10,12H,4-9H2,1-3H3. The van der Waals surface area contributed by atoms with E-state index in [0.717, 1.165) is 12.8 Å². The van der Waals surface area contributed by atoms with Crippen molar-refractivity contribution in [3.8, 4) is 0 Å². The summed E-state index contributed by atoms with van der Waals surface area (Å²) < 4.78 is 22.6. The van der Waals surface area contributed by atoms with Gasteiger partial charge in [-0.15, -0.1) is 0 Å². The van der Waals surface area contributed by atoms with Crippen molar-refractivity contribution in [2.24, 2.45) is 5.41 Å². The third-order valence-electron chi connectivity index (χ3n) is 3.62. The molecule has 0 saturated heterocycles. The minimum absolute atomic E-state index is 0.272. The second kappa shape index (κ2) is 4.83. The van der Waals surface area contributed by atoms with E-state index in [1.54, 1.807) is 6.92 Å². The Bertz CT molecular complexity index is 294. The highest BCUT2D eigenvalue weighted by Gasteiger charge is 2.43. The Morgan fingerprint density at radius 3 is 2.40 bits per heavy atom. The zero-order valence-corrected chi connectivity index (χ0v) is 10.9. The summed E-state index contributed by atoms with van der Waals surface area (Å²) in [4.78, 5) is 0. The second-order valence-electron chi connectivity index (χ2n) is 4.87. The molecule has 0 aromatic heterocycles. The smallest absolute Gasteiger partial charge is 0.150 e. The van der Waals surface area contributed by atoms with Crippen LogP contribution in [0.3, 0.4) is 0 Å². The molecular formula is C11H23NO2S. The maximum atomic E-state index is 11.3. The van der Waals surface area contributed by atoms with Crippen LogP contribution in [0.15, 0.2) is 0 Å². The van der Waals surface area contributed by atoms with E-state index in [9.17, 15) is 8.42 Å². The summed E-state index contributed by atoms with van der Waals surface area (Å²) in [5.41, 5.74) is 0.435. The second-order valence-corrected chi connectivity index (χ2v) is 7.35. The van der Waals surface area contributed by atoms with Crippen molar-refractivity contribution in [1.29, 1.82) is 0 Å². The Morgan fingerprint density at radius 2 is 2.00 bits per heavy atom. The van der Waals surface area contributed by atoms with Crippen LogP contribution >= 0.6 is 0 Å². The van der Waals surface area contributed by atoms with Gasteiger partial charge < -0.3 is 5.32 Å². The highest BCUT2D eigenvalue weighted by atomic mass is 32.2. The molecule has 0 heterocycles. The zero-order valence-electron chi connectivity index (χ0n) is 10.0. The van der Waals surface area contributed by atoms with Crippen LogP contribution in [0.1, 0.15) is 39.5 Å². The molecule has 1 N–H and O–H groups in total. The van der Waals surface area contributed by atoms with Crippen molar-refractivity contribution in [1.82, 2.24) is 5.32 Å². The lowest BCUT2D eigenvalue weighted by Gasteiger charge is -2.22. The first-order valence-electron chi connectivity index (χ1n) is 5.81. The number of hydrogen-bond donors (Lipinski definition) is 1. The van der Waals surface area contributed by atoms with Gasteiger partial charge in [-0.2, -0.15) is 0 Å². The molecule has 1 atom stereocenters. The van der Waals surface area contributed by atoms with Crippen molar-refractivity contribution >= 4 is 9.84 Å². The molecule has 1 fully saturated rings. The quantitative estimate of drug-likeness (QED) is 0.726. The highest BCUT2D eigenvalue weighted by Crippen LogP contribution is 2.49. The number of rotatable bonds is 7. The Kier molecular flexibility index (Phi) is 4.18. The van der Waals surface area contributed by atoms with E-state index in [4.69, 9.17) is 0 Å². The van der Waals surface area contributed by atoms with Crippen molar-refractivity contribution in [3.63, 3.8) is 0 Å². The van der Waals surface area contributed by atoms with E-state index < -0.39 is 9.84 Å². The van der Waals surface area contributed by atoms with Crippen LogP contribution in [0, 0.1) is 5.41 Å². The molecular weight excluding hydrogens is 210 g/mol. The summed E-state index contributed by atoms with van der Waals surface area (Å²) in [6, 6.07) is 0.490. The van der Waals surface area contributed by atoms with Gasteiger partial charge >= 0.3 is 0 Å². The average molecular weight is 233 g/mol. The molecule has 90 valence electrons. The molecule has 0 spiro atoms. The zero-order chi connectivity index (χ0) is 11.5. The fourth-order valence-electron chi connectivity index (χ4n) is 2.04. The van der Waals surface area contributed by atoms with Crippen LogP contribution in [0.5, 0.6) is 0 Å². The van der Waals surface area contributed by atoms with Gasteiger partial charge in [-0.05, 0) is 38.1 Å².